The molecule has 5 atom stereocenters. The van der Waals surface area contributed by atoms with Gasteiger partial charge in [-0.15, -0.1) is 0 Å². The van der Waals surface area contributed by atoms with E-state index in [-0.39, 0.29) is 16.6 Å². The van der Waals surface area contributed by atoms with Gasteiger partial charge in [0.15, 0.2) is 0 Å². The molecule has 2 bridgehead atoms. The smallest absolute Gasteiger partial charge is 0.136 e. The largest absolute Gasteiger partial charge is 0.359 e. The number of hydrogen-bond acceptors (Lipinski definition) is 3. The van der Waals surface area contributed by atoms with Crippen LogP contribution in [0.4, 0.5) is 0 Å². The number of aromatic nitrogens is 1. The monoisotopic (exact) mass is 411 g/mol. The number of ketones is 1. The average Bonchev–Trinajstić information content (AvgIpc) is 3.28. The number of nitrogens with zero attached hydrogens (tertiary/aromatic N) is 1. The molecule has 0 N–H and O–H groups in total. The summed E-state index contributed by atoms with van der Waals surface area (Å²) in [6.45, 7) is 2.50. The second kappa shape index (κ2) is 5.95. The molecule has 3 heterocycles. The van der Waals surface area contributed by atoms with Gasteiger partial charge in [0, 0.05) is 30.6 Å². The number of benzene rings is 1. The molecule has 3 unspecified atom stereocenters. The number of hydrogen-bond donors (Lipinski definition) is 0. The molecule has 2 aromatic rings. The summed E-state index contributed by atoms with van der Waals surface area (Å²) in [6.07, 6.45) is 16.6. The molecular weight excluding hydrogens is 382 g/mol. The Morgan fingerprint density at radius 3 is 2.97 bits per heavy atom. The second-order valence-corrected chi connectivity index (χ2v) is 10.9. The molecule has 2 aliphatic heterocycles. The highest BCUT2D eigenvalue weighted by molar-refractivity contribution is 5.83. The lowest BCUT2D eigenvalue weighted by Crippen LogP contribution is -2.53. The highest BCUT2D eigenvalue weighted by Crippen LogP contribution is 2.69. The number of fused-ring (bicyclic) bond motifs is 2. The van der Waals surface area contributed by atoms with Crippen LogP contribution in [0, 0.1) is 11.3 Å². The van der Waals surface area contributed by atoms with Crippen LogP contribution in [0.15, 0.2) is 60.0 Å². The average molecular weight is 412 g/mol. The number of rotatable bonds is 1. The van der Waals surface area contributed by atoms with Gasteiger partial charge in [0.1, 0.15) is 5.78 Å². The Bertz CT molecular complexity index is 1190. The minimum Gasteiger partial charge on any atom is -0.359 e. The van der Waals surface area contributed by atoms with Crippen molar-refractivity contribution in [2.24, 2.45) is 11.3 Å². The number of allylic oxidation sites excluding steroid dienone is 1. The lowest BCUT2D eigenvalue weighted by atomic mass is 9.58. The zero-order valence-electron chi connectivity index (χ0n) is 18.2. The molecule has 3 nitrogen and oxygen atoms in total. The van der Waals surface area contributed by atoms with E-state index in [2.05, 4.69) is 48.3 Å². The standard InChI is InChI=1S/C28H29NO2/c1-26-10-8-22-15-21-4-5-23(30)16-27(21)11-12-28(22,31-27)25(26)7-6-24(26)19-3-2-18-9-13-29-17-20(18)14-19/h2-3,8-9,13-15,17,24-25H,4-7,10-12,16H2,1H3/t24?,25-,26?,27?,28-/m1/s1. The Labute approximate surface area is 183 Å². The summed E-state index contributed by atoms with van der Waals surface area (Å²) in [6, 6.07) is 9.06. The quantitative estimate of drug-likeness (QED) is 0.574. The van der Waals surface area contributed by atoms with Crippen LogP contribution in [0.2, 0.25) is 0 Å². The van der Waals surface area contributed by atoms with Crippen molar-refractivity contribution in [1.29, 1.82) is 0 Å². The highest BCUT2D eigenvalue weighted by Gasteiger charge is 2.66. The maximum absolute atomic E-state index is 12.4. The zero-order chi connectivity index (χ0) is 20.8. The van der Waals surface area contributed by atoms with Crippen LogP contribution < -0.4 is 0 Å². The van der Waals surface area contributed by atoms with E-state index in [1.165, 1.54) is 40.3 Å². The topological polar surface area (TPSA) is 39.2 Å². The van der Waals surface area contributed by atoms with Gasteiger partial charge in [-0.2, -0.15) is 0 Å². The molecule has 0 amide bonds. The van der Waals surface area contributed by atoms with Gasteiger partial charge in [-0.3, -0.25) is 9.78 Å². The van der Waals surface area contributed by atoms with E-state index >= 15 is 0 Å². The van der Waals surface area contributed by atoms with Crippen molar-refractivity contribution in [3.8, 4) is 0 Å². The van der Waals surface area contributed by atoms with Gasteiger partial charge in [0.2, 0.25) is 0 Å². The van der Waals surface area contributed by atoms with E-state index in [4.69, 9.17) is 4.74 Å². The van der Waals surface area contributed by atoms with E-state index in [0.717, 1.165) is 25.7 Å². The van der Waals surface area contributed by atoms with Crippen LogP contribution in [0.3, 0.4) is 0 Å². The molecule has 5 aliphatic rings. The Morgan fingerprint density at radius 2 is 2.03 bits per heavy atom. The van der Waals surface area contributed by atoms with Gasteiger partial charge in [-0.1, -0.05) is 31.2 Å². The van der Waals surface area contributed by atoms with Crippen LogP contribution in [0.5, 0.6) is 0 Å². The van der Waals surface area contributed by atoms with Crippen molar-refractivity contribution < 1.29 is 9.53 Å². The minimum atomic E-state index is -0.294. The third kappa shape index (κ3) is 2.28. The van der Waals surface area contributed by atoms with Gasteiger partial charge in [-0.25, -0.2) is 0 Å². The Kier molecular flexibility index (Phi) is 3.52. The molecule has 0 radical (unpaired) electrons. The highest BCUT2D eigenvalue weighted by atomic mass is 16.5. The summed E-state index contributed by atoms with van der Waals surface area (Å²) in [7, 11) is 0. The Balaban J connectivity index is 1.31. The molecule has 3 fully saturated rings. The fourth-order valence-corrected chi connectivity index (χ4v) is 8.09. The van der Waals surface area contributed by atoms with Crippen LogP contribution in [0.1, 0.15) is 69.8 Å². The van der Waals surface area contributed by atoms with Gasteiger partial charge >= 0.3 is 0 Å². The van der Waals surface area contributed by atoms with Crippen molar-refractivity contribution in [2.75, 3.05) is 0 Å². The maximum Gasteiger partial charge on any atom is 0.136 e. The van der Waals surface area contributed by atoms with E-state index < -0.39 is 0 Å². The van der Waals surface area contributed by atoms with Gasteiger partial charge in [0.25, 0.3) is 0 Å². The molecule has 7 rings (SSSR count). The van der Waals surface area contributed by atoms with Crippen LogP contribution in [-0.4, -0.2) is 22.0 Å². The van der Waals surface area contributed by atoms with E-state index in [9.17, 15) is 4.79 Å². The SMILES string of the molecule is CC12CC=C3C=C4CCC(=O)CC45CC[C@]3(O5)[C@@H]1CCC2c1ccc2ccncc2c1. The first-order chi connectivity index (χ1) is 15.0. The summed E-state index contributed by atoms with van der Waals surface area (Å²) in [5.74, 6) is 1.44. The first-order valence-electron chi connectivity index (χ1n) is 12.0. The Morgan fingerprint density at radius 1 is 1.10 bits per heavy atom. The lowest BCUT2D eigenvalue weighted by molar-refractivity contribution is -0.146. The normalized spacial score (nSPS) is 40.7. The maximum atomic E-state index is 12.4. The second-order valence-electron chi connectivity index (χ2n) is 10.9. The molecular formula is C28H29NO2. The fourth-order valence-electron chi connectivity index (χ4n) is 8.09. The Hall–Kier alpha value is -2.26. The van der Waals surface area contributed by atoms with Crippen LogP contribution in [0.25, 0.3) is 10.8 Å². The predicted octanol–water partition coefficient (Wildman–Crippen LogP) is 6.05. The zero-order valence-corrected chi connectivity index (χ0v) is 18.2. The molecule has 1 aromatic heterocycles. The van der Waals surface area contributed by atoms with Crippen molar-refractivity contribution in [3.05, 3.63) is 65.5 Å². The van der Waals surface area contributed by atoms with Gasteiger partial charge < -0.3 is 4.74 Å². The number of pyridine rings is 1. The molecule has 1 aromatic carbocycles. The summed E-state index contributed by atoms with van der Waals surface area (Å²) in [4.78, 5) is 16.7. The third-order valence-electron chi connectivity index (χ3n) is 9.57. The van der Waals surface area contributed by atoms with Crippen LogP contribution in [-0.2, 0) is 9.53 Å². The van der Waals surface area contributed by atoms with E-state index in [1.54, 1.807) is 0 Å². The summed E-state index contributed by atoms with van der Waals surface area (Å²) in [5, 5.41) is 2.50. The van der Waals surface area contributed by atoms with Crippen LogP contribution >= 0.6 is 0 Å². The molecule has 3 heteroatoms. The molecule has 1 saturated heterocycles. The number of Topliss-reactive ketones (excluding diaryl/α,β-unsaturated/α-hetero) is 1. The summed E-state index contributed by atoms with van der Waals surface area (Å²) in [5.41, 5.74) is 3.99. The molecule has 158 valence electrons. The van der Waals surface area contributed by atoms with Gasteiger partial charge in [-0.05, 0) is 90.0 Å². The third-order valence-corrected chi connectivity index (χ3v) is 9.57. The first-order valence-corrected chi connectivity index (χ1v) is 12.0. The predicted molar refractivity (Wildman–Crippen MR) is 121 cm³/mol. The van der Waals surface area contributed by atoms with Crippen molar-refractivity contribution in [1.82, 2.24) is 4.98 Å². The van der Waals surface area contributed by atoms with E-state index in [1.807, 2.05) is 12.4 Å². The summed E-state index contributed by atoms with van der Waals surface area (Å²) < 4.78 is 7.12. The number of ether oxygens (including phenoxy) is 1. The van der Waals surface area contributed by atoms with Gasteiger partial charge in [0.05, 0.1) is 11.2 Å². The number of carbonyl (C=O) groups is 1. The van der Waals surface area contributed by atoms with Crippen molar-refractivity contribution >= 4 is 16.6 Å². The molecule has 2 spiro atoms. The van der Waals surface area contributed by atoms with Crippen molar-refractivity contribution in [2.45, 2.75) is 75.4 Å². The molecule has 3 aliphatic carbocycles. The summed E-state index contributed by atoms with van der Waals surface area (Å²) >= 11 is 0. The van der Waals surface area contributed by atoms with E-state index in [0.29, 0.717) is 30.5 Å². The molecule has 2 saturated carbocycles. The van der Waals surface area contributed by atoms with Crippen molar-refractivity contribution in [3.63, 3.8) is 0 Å². The molecule has 31 heavy (non-hydrogen) atoms. The number of carbonyl (C=O) groups excluding carboxylic acids is 1. The minimum absolute atomic E-state index is 0.179. The first kappa shape index (κ1) is 18.3. The lowest BCUT2D eigenvalue weighted by Gasteiger charge is -2.53. The fraction of sp³-hybridized carbons (Fsp3) is 0.500.